The Kier molecular flexibility index (Phi) is 7.67. The van der Waals surface area contributed by atoms with Gasteiger partial charge in [0.15, 0.2) is 12.4 Å². The zero-order chi connectivity index (χ0) is 23.9. The lowest BCUT2D eigenvalue weighted by atomic mass is 9.94. The van der Waals surface area contributed by atoms with Crippen molar-refractivity contribution in [1.29, 1.82) is 0 Å². The summed E-state index contributed by atoms with van der Waals surface area (Å²) in [5, 5.41) is 19.7. The Morgan fingerprint density at radius 3 is 2.60 bits per heavy atom. The lowest BCUT2D eigenvalue weighted by Crippen LogP contribution is -2.51. The summed E-state index contributed by atoms with van der Waals surface area (Å²) in [5.74, 6) is 1.04. The van der Waals surface area contributed by atoms with Gasteiger partial charge in [0.2, 0.25) is 5.88 Å². The highest BCUT2D eigenvalue weighted by atomic mass is 16.5. The monoisotopic (exact) mass is 478 g/mol. The third-order valence-corrected chi connectivity index (χ3v) is 7.00. The van der Waals surface area contributed by atoms with E-state index in [1.54, 1.807) is 6.07 Å². The first-order valence-electron chi connectivity index (χ1n) is 12.8. The van der Waals surface area contributed by atoms with Crippen LogP contribution in [0.1, 0.15) is 38.5 Å². The predicted molar refractivity (Wildman–Crippen MR) is 133 cm³/mol. The lowest BCUT2D eigenvalue weighted by Gasteiger charge is -2.41. The van der Waals surface area contributed by atoms with E-state index in [1.807, 2.05) is 35.0 Å². The molecule has 10 heteroatoms. The van der Waals surface area contributed by atoms with Crippen LogP contribution in [0.2, 0.25) is 0 Å². The number of rotatable bonds is 9. The molecule has 0 bridgehead atoms. The molecule has 10 nitrogen and oxygen atoms in total. The molecular weight excluding hydrogens is 444 g/mol. The van der Waals surface area contributed by atoms with Crippen LogP contribution in [0.5, 0.6) is 5.88 Å². The fourth-order valence-electron chi connectivity index (χ4n) is 5.05. The van der Waals surface area contributed by atoms with Gasteiger partial charge in [-0.1, -0.05) is 36.6 Å². The highest BCUT2D eigenvalue weighted by Gasteiger charge is 2.25. The molecule has 1 aromatic carbocycles. The Bertz CT molecular complexity index is 1090. The van der Waals surface area contributed by atoms with E-state index in [9.17, 15) is 4.79 Å². The maximum Gasteiger partial charge on any atom is 0.258 e. The molecule has 0 radical (unpaired) electrons. The number of aryl methyl sites for hydroxylation is 1. The van der Waals surface area contributed by atoms with Crippen LogP contribution in [-0.2, 0) is 11.3 Å². The number of fused-ring (bicyclic) bond motifs is 1. The maximum absolute atomic E-state index is 12.1. The first kappa shape index (κ1) is 23.5. The van der Waals surface area contributed by atoms with Gasteiger partial charge in [-0.25, -0.2) is 4.68 Å². The van der Waals surface area contributed by atoms with Crippen molar-refractivity contribution in [3.8, 4) is 5.88 Å². The number of ether oxygens (including phenoxy) is 1. The SMILES string of the molecule is O=C(COc1ccc(N2CCN(C3CCCCC3)CC2)nn1)NCCCn1nnc2ccccc21. The van der Waals surface area contributed by atoms with Crippen molar-refractivity contribution >= 4 is 22.8 Å². The number of aromatic nitrogens is 5. The third kappa shape index (κ3) is 6.05. The number of hydrogen-bond donors (Lipinski definition) is 1. The summed E-state index contributed by atoms with van der Waals surface area (Å²) < 4.78 is 7.38. The summed E-state index contributed by atoms with van der Waals surface area (Å²) in [6, 6.07) is 12.3. The molecule has 3 heterocycles. The van der Waals surface area contributed by atoms with Gasteiger partial charge in [-0.2, -0.15) is 0 Å². The fraction of sp³-hybridized carbons (Fsp3) is 0.560. The number of benzene rings is 1. The van der Waals surface area contributed by atoms with Crippen LogP contribution in [0.4, 0.5) is 5.82 Å². The van der Waals surface area contributed by atoms with Crippen LogP contribution in [0.15, 0.2) is 36.4 Å². The van der Waals surface area contributed by atoms with Crippen molar-refractivity contribution in [3.63, 3.8) is 0 Å². The van der Waals surface area contributed by atoms with Crippen LogP contribution < -0.4 is 15.0 Å². The minimum Gasteiger partial charge on any atom is -0.466 e. The van der Waals surface area contributed by atoms with Crippen LogP contribution in [0, 0.1) is 0 Å². The second kappa shape index (κ2) is 11.4. The summed E-state index contributed by atoms with van der Waals surface area (Å²) in [4.78, 5) is 17.1. The summed E-state index contributed by atoms with van der Waals surface area (Å²) in [5.41, 5.74) is 1.87. The zero-order valence-corrected chi connectivity index (χ0v) is 20.2. The second-order valence-electron chi connectivity index (χ2n) is 9.34. The largest absolute Gasteiger partial charge is 0.466 e. The molecule has 2 aliphatic rings. The van der Waals surface area contributed by atoms with Crippen molar-refractivity contribution in [1.82, 2.24) is 35.4 Å². The normalized spacial score (nSPS) is 17.5. The standard InChI is InChI=1S/C25H34N8O2/c34-24(26-13-6-14-33-22-10-5-4-9-21(22)27-30-33)19-35-25-12-11-23(28-29-25)32-17-15-31(16-18-32)20-7-2-1-3-8-20/h4-5,9-12,20H,1-3,6-8,13-19H2,(H,26,34). The molecule has 35 heavy (non-hydrogen) atoms. The average molecular weight is 479 g/mol. The quantitative estimate of drug-likeness (QED) is 0.468. The van der Waals surface area contributed by atoms with Gasteiger partial charge in [0.25, 0.3) is 5.91 Å². The molecule has 1 aliphatic carbocycles. The van der Waals surface area contributed by atoms with Crippen LogP contribution >= 0.6 is 0 Å². The second-order valence-corrected chi connectivity index (χ2v) is 9.34. The van der Waals surface area contributed by atoms with Crippen molar-refractivity contribution in [3.05, 3.63) is 36.4 Å². The Morgan fingerprint density at radius 1 is 0.971 bits per heavy atom. The van der Waals surface area contributed by atoms with E-state index in [0.717, 1.165) is 55.5 Å². The molecule has 0 spiro atoms. The van der Waals surface area contributed by atoms with Gasteiger partial charge in [-0.15, -0.1) is 15.3 Å². The van der Waals surface area contributed by atoms with Gasteiger partial charge in [0, 0.05) is 51.4 Å². The molecule has 0 unspecified atom stereocenters. The van der Waals surface area contributed by atoms with Gasteiger partial charge in [-0.05, 0) is 37.5 Å². The van der Waals surface area contributed by atoms with Gasteiger partial charge < -0.3 is 15.0 Å². The maximum atomic E-state index is 12.1. The Hall–Kier alpha value is -3.27. The number of hydrogen-bond acceptors (Lipinski definition) is 8. The van der Waals surface area contributed by atoms with Gasteiger partial charge in [0.05, 0.1) is 5.52 Å². The van der Waals surface area contributed by atoms with Crippen molar-refractivity contribution < 1.29 is 9.53 Å². The van der Waals surface area contributed by atoms with E-state index in [0.29, 0.717) is 19.0 Å². The van der Waals surface area contributed by atoms with Gasteiger partial charge >= 0.3 is 0 Å². The molecule has 1 aliphatic heterocycles. The van der Waals surface area contributed by atoms with Crippen LogP contribution in [0.3, 0.4) is 0 Å². The Balaban J connectivity index is 0.996. The molecule has 2 fully saturated rings. The van der Waals surface area contributed by atoms with E-state index < -0.39 is 0 Å². The predicted octanol–water partition coefficient (Wildman–Crippen LogP) is 2.26. The first-order chi connectivity index (χ1) is 17.3. The Morgan fingerprint density at radius 2 is 1.80 bits per heavy atom. The summed E-state index contributed by atoms with van der Waals surface area (Å²) in [6.45, 7) is 5.24. The topological polar surface area (TPSA) is 101 Å². The van der Waals surface area contributed by atoms with Crippen molar-refractivity contribution in [2.45, 2.75) is 51.1 Å². The van der Waals surface area contributed by atoms with Gasteiger partial charge in [0.1, 0.15) is 5.52 Å². The zero-order valence-electron chi connectivity index (χ0n) is 20.2. The molecule has 0 atom stereocenters. The first-order valence-corrected chi connectivity index (χ1v) is 12.8. The summed E-state index contributed by atoms with van der Waals surface area (Å²) >= 11 is 0. The molecule has 1 amide bonds. The summed E-state index contributed by atoms with van der Waals surface area (Å²) in [6.07, 6.45) is 7.58. The van der Waals surface area contributed by atoms with Crippen LogP contribution in [-0.4, -0.2) is 81.4 Å². The number of amides is 1. The number of anilines is 1. The number of carbonyl (C=O) groups excluding carboxylic acids is 1. The molecule has 1 saturated heterocycles. The number of piperazine rings is 1. The number of carbonyl (C=O) groups is 1. The number of para-hydroxylation sites is 1. The number of nitrogens with zero attached hydrogens (tertiary/aromatic N) is 7. The third-order valence-electron chi connectivity index (χ3n) is 7.00. The van der Waals surface area contributed by atoms with E-state index in [1.165, 1.54) is 32.1 Å². The highest BCUT2D eigenvalue weighted by molar-refractivity contribution is 5.77. The fourth-order valence-corrected chi connectivity index (χ4v) is 5.05. The lowest BCUT2D eigenvalue weighted by molar-refractivity contribution is -0.123. The van der Waals surface area contributed by atoms with E-state index >= 15 is 0 Å². The van der Waals surface area contributed by atoms with E-state index in [2.05, 4.69) is 35.6 Å². The van der Waals surface area contributed by atoms with E-state index in [-0.39, 0.29) is 12.5 Å². The smallest absolute Gasteiger partial charge is 0.258 e. The van der Waals surface area contributed by atoms with Crippen LogP contribution in [0.25, 0.3) is 11.0 Å². The molecule has 3 aromatic rings. The number of nitrogens with one attached hydrogen (secondary N) is 1. The summed E-state index contributed by atoms with van der Waals surface area (Å²) in [7, 11) is 0. The average Bonchev–Trinajstić information content (AvgIpc) is 3.34. The molecule has 1 saturated carbocycles. The molecule has 5 rings (SSSR count). The minimum atomic E-state index is -0.182. The molecule has 186 valence electrons. The minimum absolute atomic E-state index is 0.0830. The molecule has 1 N–H and O–H groups in total. The van der Waals surface area contributed by atoms with Crippen molar-refractivity contribution in [2.75, 3.05) is 44.2 Å². The van der Waals surface area contributed by atoms with E-state index in [4.69, 9.17) is 4.74 Å². The Labute approximate surface area is 205 Å². The van der Waals surface area contributed by atoms with Crippen molar-refractivity contribution in [2.24, 2.45) is 0 Å². The van der Waals surface area contributed by atoms with Gasteiger partial charge in [-0.3, -0.25) is 9.69 Å². The molecule has 2 aromatic heterocycles. The highest BCUT2D eigenvalue weighted by Crippen LogP contribution is 2.24. The molecular formula is C25H34N8O2.